The van der Waals surface area contributed by atoms with E-state index in [1.807, 2.05) is 31.2 Å². The molecule has 0 aliphatic carbocycles. The summed E-state index contributed by atoms with van der Waals surface area (Å²) in [5.74, 6) is 0. The fraction of sp³-hybridized carbons (Fsp3) is 0.143. The number of aromatic amines is 1. The van der Waals surface area contributed by atoms with Crippen LogP contribution in [0.5, 0.6) is 0 Å². The molecule has 0 spiro atoms. The van der Waals surface area contributed by atoms with E-state index in [9.17, 15) is 4.79 Å². The molecule has 0 fully saturated rings. The summed E-state index contributed by atoms with van der Waals surface area (Å²) < 4.78 is 1.45. The third-order valence-electron chi connectivity index (χ3n) is 3.29. The molecule has 0 saturated carbocycles. The first kappa shape index (κ1) is 12.0. The lowest BCUT2D eigenvalue weighted by atomic mass is 10.1. The molecule has 3 rings (SSSR count). The van der Waals surface area contributed by atoms with E-state index in [-0.39, 0.29) is 5.56 Å². The number of nitrogens with zero attached hydrogens (tertiary/aromatic N) is 2. The van der Waals surface area contributed by atoms with Gasteiger partial charge in [0, 0.05) is 33.6 Å². The van der Waals surface area contributed by atoms with Gasteiger partial charge in [0.15, 0.2) is 5.65 Å². The zero-order chi connectivity index (χ0) is 13.6. The van der Waals surface area contributed by atoms with E-state index < -0.39 is 0 Å². The predicted molar refractivity (Wildman–Crippen MR) is 75.7 cm³/mol. The van der Waals surface area contributed by atoms with Gasteiger partial charge in [0.1, 0.15) is 0 Å². The number of rotatable bonds is 1. The molecule has 0 aliphatic heterocycles. The van der Waals surface area contributed by atoms with Gasteiger partial charge < -0.3 is 0 Å². The van der Waals surface area contributed by atoms with E-state index in [2.05, 4.69) is 10.1 Å². The molecule has 0 atom stereocenters. The maximum absolute atomic E-state index is 12.1. The molecule has 0 bridgehead atoms. The number of aromatic nitrogens is 3. The SMILES string of the molecule is Cc1nc2c(-c3ccccc3Cl)c[nH]n2c(=O)c1C. The molecule has 5 heteroatoms. The molecular formula is C14H12ClN3O. The van der Waals surface area contributed by atoms with E-state index in [4.69, 9.17) is 11.6 Å². The molecule has 2 heterocycles. The van der Waals surface area contributed by atoms with Gasteiger partial charge in [-0.25, -0.2) is 9.50 Å². The number of hydrogen-bond acceptors (Lipinski definition) is 2. The number of benzene rings is 1. The monoisotopic (exact) mass is 273 g/mol. The van der Waals surface area contributed by atoms with Crippen LogP contribution in [0, 0.1) is 13.8 Å². The Morgan fingerprint density at radius 1 is 1.21 bits per heavy atom. The summed E-state index contributed by atoms with van der Waals surface area (Å²) in [6.45, 7) is 3.60. The Morgan fingerprint density at radius 2 is 1.95 bits per heavy atom. The van der Waals surface area contributed by atoms with Crippen LogP contribution in [0.15, 0.2) is 35.3 Å². The molecule has 0 radical (unpaired) electrons. The number of nitrogens with one attached hydrogen (secondary N) is 1. The van der Waals surface area contributed by atoms with Gasteiger partial charge in [-0.1, -0.05) is 29.8 Å². The Morgan fingerprint density at radius 3 is 2.68 bits per heavy atom. The standard InChI is InChI=1S/C14H12ClN3O/c1-8-9(2)17-13-11(7-16-18(13)14(8)19)10-5-3-4-6-12(10)15/h3-7,16H,1-2H3. The summed E-state index contributed by atoms with van der Waals surface area (Å²) in [5, 5.41) is 3.57. The first-order valence-electron chi connectivity index (χ1n) is 5.92. The first-order valence-corrected chi connectivity index (χ1v) is 6.29. The second-order valence-electron chi connectivity index (χ2n) is 4.45. The van der Waals surface area contributed by atoms with E-state index in [0.29, 0.717) is 16.2 Å². The van der Waals surface area contributed by atoms with Crippen LogP contribution in [0.2, 0.25) is 5.02 Å². The number of aryl methyl sites for hydroxylation is 1. The molecule has 2 aromatic heterocycles. The smallest absolute Gasteiger partial charge is 0.275 e. The van der Waals surface area contributed by atoms with E-state index in [0.717, 1.165) is 16.8 Å². The van der Waals surface area contributed by atoms with Gasteiger partial charge in [0.05, 0.1) is 0 Å². The lowest BCUT2D eigenvalue weighted by molar-refractivity contribution is 0.873. The minimum absolute atomic E-state index is 0.0826. The molecular weight excluding hydrogens is 262 g/mol. The molecule has 3 aromatic rings. The molecule has 0 saturated heterocycles. The highest BCUT2D eigenvalue weighted by molar-refractivity contribution is 6.33. The minimum atomic E-state index is -0.0826. The van der Waals surface area contributed by atoms with Crippen molar-refractivity contribution in [1.29, 1.82) is 0 Å². The van der Waals surface area contributed by atoms with Crippen molar-refractivity contribution >= 4 is 17.2 Å². The third kappa shape index (κ3) is 1.76. The number of hydrogen-bond donors (Lipinski definition) is 1. The van der Waals surface area contributed by atoms with Crippen LogP contribution >= 0.6 is 11.6 Å². The third-order valence-corrected chi connectivity index (χ3v) is 3.62. The van der Waals surface area contributed by atoms with Gasteiger partial charge in [0.25, 0.3) is 5.56 Å². The normalized spacial score (nSPS) is 11.1. The number of fused-ring (bicyclic) bond motifs is 1. The number of halogens is 1. The van der Waals surface area contributed by atoms with Crippen LogP contribution in [-0.4, -0.2) is 14.6 Å². The average Bonchev–Trinajstić information content (AvgIpc) is 2.80. The molecule has 19 heavy (non-hydrogen) atoms. The van der Waals surface area contributed by atoms with Gasteiger partial charge in [-0.3, -0.25) is 9.89 Å². The summed E-state index contributed by atoms with van der Waals surface area (Å²) in [6, 6.07) is 7.51. The van der Waals surface area contributed by atoms with Crippen LogP contribution in [0.4, 0.5) is 0 Å². The highest BCUT2D eigenvalue weighted by atomic mass is 35.5. The summed E-state index contributed by atoms with van der Waals surface area (Å²) in [4.78, 5) is 16.6. The topological polar surface area (TPSA) is 50.2 Å². The molecule has 0 aliphatic rings. The van der Waals surface area contributed by atoms with Crippen molar-refractivity contribution in [2.45, 2.75) is 13.8 Å². The zero-order valence-electron chi connectivity index (χ0n) is 10.6. The Bertz CT molecular complexity index is 832. The molecule has 1 aromatic carbocycles. The Labute approximate surface area is 114 Å². The van der Waals surface area contributed by atoms with Gasteiger partial charge in [-0.05, 0) is 19.9 Å². The minimum Gasteiger partial charge on any atom is -0.296 e. The van der Waals surface area contributed by atoms with Crippen molar-refractivity contribution in [3.05, 3.63) is 57.1 Å². The van der Waals surface area contributed by atoms with Crippen molar-refractivity contribution < 1.29 is 0 Å². The fourth-order valence-corrected chi connectivity index (χ4v) is 2.32. The maximum Gasteiger partial charge on any atom is 0.275 e. The summed E-state index contributed by atoms with van der Waals surface area (Å²) >= 11 is 6.20. The molecule has 0 unspecified atom stereocenters. The van der Waals surface area contributed by atoms with Crippen LogP contribution in [0.1, 0.15) is 11.3 Å². The fourth-order valence-electron chi connectivity index (χ4n) is 2.08. The van der Waals surface area contributed by atoms with E-state index >= 15 is 0 Å². The van der Waals surface area contributed by atoms with Crippen molar-refractivity contribution in [1.82, 2.24) is 14.6 Å². The van der Waals surface area contributed by atoms with Gasteiger partial charge in [-0.2, -0.15) is 0 Å². The van der Waals surface area contributed by atoms with Crippen molar-refractivity contribution in [3.63, 3.8) is 0 Å². The van der Waals surface area contributed by atoms with Crippen molar-refractivity contribution in [2.24, 2.45) is 0 Å². The Kier molecular flexibility index (Phi) is 2.68. The van der Waals surface area contributed by atoms with Gasteiger partial charge in [-0.15, -0.1) is 0 Å². The predicted octanol–water partition coefficient (Wildman–Crippen LogP) is 2.96. The second kappa shape index (κ2) is 4.24. The van der Waals surface area contributed by atoms with Gasteiger partial charge in [0.2, 0.25) is 0 Å². The first-order chi connectivity index (χ1) is 9.09. The molecule has 96 valence electrons. The van der Waals surface area contributed by atoms with Crippen LogP contribution in [-0.2, 0) is 0 Å². The average molecular weight is 274 g/mol. The summed E-state index contributed by atoms with van der Waals surface area (Å²) in [7, 11) is 0. The lowest BCUT2D eigenvalue weighted by Gasteiger charge is -2.03. The van der Waals surface area contributed by atoms with Crippen molar-refractivity contribution in [2.75, 3.05) is 0 Å². The maximum atomic E-state index is 12.1. The second-order valence-corrected chi connectivity index (χ2v) is 4.86. The van der Waals surface area contributed by atoms with Crippen LogP contribution in [0.25, 0.3) is 16.8 Å². The summed E-state index contributed by atoms with van der Waals surface area (Å²) in [5.41, 5.74) is 3.58. The number of H-pyrrole nitrogens is 1. The van der Waals surface area contributed by atoms with Crippen LogP contribution in [0.3, 0.4) is 0 Å². The largest absolute Gasteiger partial charge is 0.296 e. The Hall–Kier alpha value is -2.07. The quantitative estimate of drug-likeness (QED) is 0.741. The van der Waals surface area contributed by atoms with Crippen LogP contribution < -0.4 is 5.56 Å². The molecule has 4 nitrogen and oxygen atoms in total. The highest BCUT2D eigenvalue weighted by Crippen LogP contribution is 2.29. The summed E-state index contributed by atoms with van der Waals surface area (Å²) in [6.07, 6.45) is 1.75. The lowest BCUT2D eigenvalue weighted by Crippen LogP contribution is -2.19. The Balaban J connectivity index is 2.39. The highest BCUT2D eigenvalue weighted by Gasteiger charge is 2.13. The van der Waals surface area contributed by atoms with E-state index in [1.165, 1.54) is 4.52 Å². The molecule has 0 amide bonds. The van der Waals surface area contributed by atoms with E-state index in [1.54, 1.807) is 13.1 Å². The van der Waals surface area contributed by atoms with Gasteiger partial charge >= 0.3 is 0 Å². The molecule has 1 N–H and O–H groups in total. The zero-order valence-corrected chi connectivity index (χ0v) is 11.3. The van der Waals surface area contributed by atoms with Crippen molar-refractivity contribution in [3.8, 4) is 11.1 Å².